The fourth-order valence-electron chi connectivity index (χ4n) is 3.88. The van der Waals surface area contributed by atoms with Crippen molar-refractivity contribution in [2.75, 3.05) is 29.6 Å². The number of aryl methyl sites for hydroxylation is 3. The molecule has 0 radical (unpaired) electrons. The second-order valence-electron chi connectivity index (χ2n) is 8.10. The van der Waals surface area contributed by atoms with Crippen molar-refractivity contribution >= 4 is 40.4 Å². The predicted molar refractivity (Wildman–Crippen MR) is 127 cm³/mol. The second kappa shape index (κ2) is 8.92. The Balaban J connectivity index is 1.58. The lowest BCUT2D eigenvalue weighted by Gasteiger charge is -2.19. The van der Waals surface area contributed by atoms with E-state index in [1.807, 2.05) is 20.2 Å². The average Bonchev–Trinajstić information content (AvgIpc) is 2.96. The van der Waals surface area contributed by atoms with Crippen molar-refractivity contribution in [2.45, 2.75) is 39.0 Å². The van der Waals surface area contributed by atoms with Gasteiger partial charge >= 0.3 is 0 Å². The van der Waals surface area contributed by atoms with Gasteiger partial charge in [-0.05, 0) is 73.6 Å². The Kier molecular flexibility index (Phi) is 6.09. The molecule has 0 atom stereocenters. The molecule has 1 aromatic heterocycles. The molecule has 0 bridgehead atoms. The number of rotatable bonds is 5. The first-order valence-electron chi connectivity index (χ1n) is 10.5. The Morgan fingerprint density at radius 3 is 2.53 bits per heavy atom. The maximum Gasteiger partial charge on any atom is 0.229 e. The molecule has 0 aliphatic heterocycles. The minimum atomic E-state index is 0.479. The molecule has 1 aliphatic carbocycles. The van der Waals surface area contributed by atoms with Crippen molar-refractivity contribution in [3.05, 3.63) is 64.3 Å². The number of benzene rings is 2. The highest BCUT2D eigenvalue weighted by atomic mass is 35.5. The van der Waals surface area contributed by atoms with E-state index >= 15 is 0 Å². The first-order chi connectivity index (χ1) is 14.5. The van der Waals surface area contributed by atoms with E-state index in [0.29, 0.717) is 16.8 Å². The van der Waals surface area contributed by atoms with Crippen LogP contribution in [0.5, 0.6) is 0 Å². The number of nitrogens with zero attached hydrogens (tertiary/aromatic N) is 3. The summed E-state index contributed by atoms with van der Waals surface area (Å²) in [6.07, 6.45) is 7.79. The summed E-state index contributed by atoms with van der Waals surface area (Å²) < 4.78 is 0. The number of hydrogen-bond acceptors (Lipinski definition) is 5. The molecule has 5 nitrogen and oxygen atoms in total. The van der Waals surface area contributed by atoms with E-state index in [-0.39, 0.29) is 0 Å². The van der Waals surface area contributed by atoms with Gasteiger partial charge in [0.1, 0.15) is 5.02 Å². The van der Waals surface area contributed by atoms with Crippen molar-refractivity contribution < 1.29 is 0 Å². The van der Waals surface area contributed by atoms with Gasteiger partial charge < -0.3 is 15.5 Å². The first kappa shape index (κ1) is 20.5. The molecule has 0 spiro atoms. The maximum absolute atomic E-state index is 6.40. The molecule has 1 aliphatic rings. The molecule has 6 heteroatoms. The van der Waals surface area contributed by atoms with Crippen LogP contribution in [-0.2, 0) is 12.8 Å². The minimum Gasteiger partial charge on any atom is -0.376 e. The lowest BCUT2D eigenvalue weighted by atomic mass is 10.0. The van der Waals surface area contributed by atoms with Crippen molar-refractivity contribution in [1.82, 2.24) is 9.97 Å². The number of aromatic nitrogens is 2. The van der Waals surface area contributed by atoms with Gasteiger partial charge in [0.05, 0.1) is 17.6 Å². The first-order valence-corrected chi connectivity index (χ1v) is 10.8. The Morgan fingerprint density at radius 1 is 0.933 bits per heavy atom. The zero-order valence-corrected chi connectivity index (χ0v) is 18.6. The number of halogens is 1. The lowest BCUT2D eigenvalue weighted by molar-refractivity contribution is 0.711. The number of nitrogens with one attached hydrogen (secondary N) is 2. The molecule has 4 rings (SSSR count). The van der Waals surface area contributed by atoms with Crippen LogP contribution in [0, 0.1) is 6.92 Å². The van der Waals surface area contributed by atoms with E-state index in [1.54, 1.807) is 6.20 Å². The highest BCUT2D eigenvalue weighted by Crippen LogP contribution is 2.31. The molecule has 2 aromatic carbocycles. The molecule has 0 amide bonds. The highest BCUT2D eigenvalue weighted by Gasteiger charge is 2.12. The number of hydrogen-bond donors (Lipinski definition) is 2. The van der Waals surface area contributed by atoms with Crippen LogP contribution >= 0.6 is 11.6 Å². The average molecular weight is 422 g/mol. The molecule has 3 aromatic rings. The summed E-state index contributed by atoms with van der Waals surface area (Å²) in [5, 5.41) is 7.19. The third-order valence-corrected chi connectivity index (χ3v) is 5.76. The van der Waals surface area contributed by atoms with E-state index in [1.165, 1.54) is 42.4 Å². The molecular weight excluding hydrogens is 394 g/mol. The van der Waals surface area contributed by atoms with Crippen LogP contribution in [0.25, 0.3) is 0 Å². The van der Waals surface area contributed by atoms with Crippen molar-refractivity contribution in [2.24, 2.45) is 0 Å². The minimum absolute atomic E-state index is 0.479. The fourth-order valence-corrected chi connectivity index (χ4v) is 4.02. The molecular formula is C24H28ClN5. The SMILES string of the molecule is Cc1ccc(Nc2nc(Nc3ccc4c(c3)CCCCC4)ncc2Cl)c(N(C)C)c1. The maximum atomic E-state index is 6.40. The molecule has 0 unspecified atom stereocenters. The van der Waals surface area contributed by atoms with Gasteiger partial charge in [-0.25, -0.2) is 4.98 Å². The van der Waals surface area contributed by atoms with Crippen LogP contribution in [0.15, 0.2) is 42.6 Å². The van der Waals surface area contributed by atoms with Gasteiger partial charge in [0, 0.05) is 19.8 Å². The van der Waals surface area contributed by atoms with Gasteiger partial charge in [-0.1, -0.05) is 30.2 Å². The van der Waals surface area contributed by atoms with Gasteiger partial charge in [-0.15, -0.1) is 0 Å². The quantitative estimate of drug-likeness (QED) is 0.476. The number of fused-ring (bicyclic) bond motifs is 1. The summed E-state index contributed by atoms with van der Waals surface area (Å²) in [5.74, 6) is 1.10. The third kappa shape index (κ3) is 4.68. The second-order valence-corrected chi connectivity index (χ2v) is 8.51. The van der Waals surface area contributed by atoms with E-state index in [2.05, 4.69) is 62.8 Å². The van der Waals surface area contributed by atoms with Gasteiger partial charge in [-0.3, -0.25) is 0 Å². The van der Waals surface area contributed by atoms with Crippen molar-refractivity contribution in [1.29, 1.82) is 0 Å². The van der Waals surface area contributed by atoms with Crippen LogP contribution in [0.4, 0.5) is 28.8 Å². The summed E-state index contributed by atoms with van der Waals surface area (Å²) in [5.41, 5.74) is 7.12. The zero-order chi connectivity index (χ0) is 21.1. The zero-order valence-electron chi connectivity index (χ0n) is 17.8. The smallest absolute Gasteiger partial charge is 0.229 e. The summed E-state index contributed by atoms with van der Waals surface area (Å²) in [4.78, 5) is 11.1. The van der Waals surface area contributed by atoms with E-state index < -0.39 is 0 Å². The molecule has 0 fully saturated rings. The summed E-state index contributed by atoms with van der Waals surface area (Å²) in [6.45, 7) is 2.08. The monoisotopic (exact) mass is 421 g/mol. The molecule has 30 heavy (non-hydrogen) atoms. The molecule has 1 heterocycles. The van der Waals surface area contributed by atoms with Crippen molar-refractivity contribution in [3.63, 3.8) is 0 Å². The Morgan fingerprint density at radius 2 is 1.73 bits per heavy atom. The Hall–Kier alpha value is -2.79. The van der Waals surface area contributed by atoms with Gasteiger partial charge in [-0.2, -0.15) is 4.98 Å². The Labute approximate surface area is 183 Å². The topological polar surface area (TPSA) is 53.1 Å². The van der Waals surface area contributed by atoms with Gasteiger partial charge in [0.2, 0.25) is 5.95 Å². The number of anilines is 5. The summed E-state index contributed by atoms with van der Waals surface area (Å²) in [7, 11) is 4.04. The van der Waals surface area contributed by atoms with Gasteiger partial charge in [0.25, 0.3) is 0 Å². The third-order valence-electron chi connectivity index (χ3n) is 5.49. The largest absolute Gasteiger partial charge is 0.376 e. The van der Waals surface area contributed by atoms with Crippen LogP contribution in [0.2, 0.25) is 5.02 Å². The van der Waals surface area contributed by atoms with E-state index in [9.17, 15) is 0 Å². The summed E-state index contributed by atoms with van der Waals surface area (Å²) in [6, 6.07) is 12.8. The molecule has 156 valence electrons. The Bertz CT molecular complexity index is 1050. The van der Waals surface area contributed by atoms with Crippen LogP contribution in [0.1, 0.15) is 36.0 Å². The van der Waals surface area contributed by atoms with Crippen LogP contribution < -0.4 is 15.5 Å². The predicted octanol–water partition coefficient (Wildman–Crippen LogP) is 6.26. The lowest BCUT2D eigenvalue weighted by Crippen LogP contribution is -2.11. The van der Waals surface area contributed by atoms with Crippen LogP contribution in [0.3, 0.4) is 0 Å². The fraction of sp³-hybridized carbons (Fsp3) is 0.333. The molecule has 0 saturated heterocycles. The molecule has 0 saturated carbocycles. The summed E-state index contributed by atoms with van der Waals surface area (Å²) >= 11 is 6.40. The van der Waals surface area contributed by atoms with E-state index in [0.717, 1.165) is 23.5 Å². The van der Waals surface area contributed by atoms with Crippen molar-refractivity contribution in [3.8, 4) is 0 Å². The van der Waals surface area contributed by atoms with Crippen LogP contribution in [-0.4, -0.2) is 24.1 Å². The highest BCUT2D eigenvalue weighted by molar-refractivity contribution is 6.33. The van der Waals surface area contributed by atoms with E-state index in [4.69, 9.17) is 11.6 Å². The van der Waals surface area contributed by atoms with Gasteiger partial charge in [0.15, 0.2) is 5.82 Å². The standard InChI is InChI=1S/C24H28ClN5/c1-16-9-12-21(22(13-16)30(2)3)28-23-20(25)15-26-24(29-23)27-19-11-10-17-7-5-4-6-8-18(17)14-19/h9-15H,4-8H2,1-3H3,(H2,26,27,28,29). The normalized spacial score (nSPS) is 13.3. The molecule has 2 N–H and O–H groups in total.